The predicted molar refractivity (Wildman–Crippen MR) is 176 cm³/mol. The molecule has 0 fully saturated rings. The highest BCUT2D eigenvalue weighted by Crippen LogP contribution is 2.43. The number of benzene rings is 3. The molecule has 4 aromatic rings. The lowest BCUT2D eigenvalue weighted by molar-refractivity contribution is -0.113. The van der Waals surface area contributed by atoms with E-state index in [1.807, 2.05) is 57.2 Å². The van der Waals surface area contributed by atoms with Gasteiger partial charge < -0.3 is 24.8 Å². The monoisotopic (exact) mass is 659 g/mol. The Morgan fingerprint density at radius 3 is 2.41 bits per heavy atom. The number of allylic oxidation sites excluding steroid dienone is 1. The minimum absolute atomic E-state index is 0.0776. The van der Waals surface area contributed by atoms with Gasteiger partial charge in [-0.15, -0.1) is 0 Å². The number of carbonyl (C=O) groups is 1. The highest BCUT2D eigenvalue weighted by atomic mass is 79.9. The van der Waals surface area contributed by atoms with E-state index in [1.165, 1.54) is 11.9 Å². The first-order chi connectivity index (χ1) is 21.1. The van der Waals surface area contributed by atoms with Crippen LogP contribution in [-0.2, 0) is 16.8 Å². The van der Waals surface area contributed by atoms with Crippen LogP contribution in [0, 0.1) is 0 Å². The zero-order valence-corrected chi connectivity index (χ0v) is 27.5. The molecule has 230 valence electrons. The minimum atomic E-state index is -0.595. The van der Waals surface area contributed by atoms with Crippen molar-refractivity contribution in [1.82, 2.24) is 14.8 Å². The fraction of sp³-hybridized carbons (Fsp3) is 0.324. The summed E-state index contributed by atoms with van der Waals surface area (Å²) in [6, 6.07) is 19.1. The number of halogens is 1. The van der Waals surface area contributed by atoms with Gasteiger partial charge in [0.2, 0.25) is 5.95 Å². The van der Waals surface area contributed by atoms with Crippen molar-refractivity contribution >= 4 is 33.5 Å². The summed E-state index contributed by atoms with van der Waals surface area (Å²) >= 11 is 3.73. The van der Waals surface area contributed by atoms with Gasteiger partial charge in [0.15, 0.2) is 11.5 Å². The Hall–Kier alpha value is -4.31. The van der Waals surface area contributed by atoms with Gasteiger partial charge in [-0.05, 0) is 83.1 Å². The van der Waals surface area contributed by atoms with Crippen molar-refractivity contribution in [1.29, 1.82) is 0 Å². The maximum Gasteiger partial charge on any atom is 0.255 e. The number of anilines is 2. The summed E-state index contributed by atoms with van der Waals surface area (Å²) in [5.41, 5.74) is 4.89. The molecule has 10 heteroatoms. The van der Waals surface area contributed by atoms with Crippen molar-refractivity contribution in [2.24, 2.45) is 0 Å². The van der Waals surface area contributed by atoms with Crippen molar-refractivity contribution in [2.75, 3.05) is 23.8 Å². The van der Waals surface area contributed by atoms with E-state index in [9.17, 15) is 4.79 Å². The van der Waals surface area contributed by atoms with E-state index in [4.69, 9.17) is 14.2 Å². The van der Waals surface area contributed by atoms with Crippen LogP contribution < -0.4 is 24.8 Å². The standard InChI is InChI=1S/C34H38BrN5O4/c1-7-42-27-12-10-9-11-26(27)39-32(41)29-21(3)38-33-36-20-37-40(33)30(29)23-17-25(35)31(28(18-23)43-8-2)44-19-22-13-15-24(16-14-22)34(4,5)6/h9-18,20,30H,7-8,19H2,1-6H3,(H,39,41)(H,36,37,38). The molecule has 0 saturated carbocycles. The van der Waals surface area contributed by atoms with Crippen LogP contribution in [0.15, 0.2) is 82.7 Å². The van der Waals surface area contributed by atoms with Crippen LogP contribution in [-0.4, -0.2) is 33.9 Å². The van der Waals surface area contributed by atoms with Crippen molar-refractivity contribution in [2.45, 2.75) is 59.6 Å². The smallest absolute Gasteiger partial charge is 0.255 e. The van der Waals surface area contributed by atoms with Crippen LogP contribution in [0.5, 0.6) is 17.2 Å². The second-order valence-corrected chi connectivity index (χ2v) is 12.3. The second-order valence-electron chi connectivity index (χ2n) is 11.5. The van der Waals surface area contributed by atoms with Gasteiger partial charge in [0.05, 0.1) is 28.9 Å². The lowest BCUT2D eigenvalue weighted by atomic mass is 9.87. The summed E-state index contributed by atoms with van der Waals surface area (Å²) in [7, 11) is 0. The van der Waals surface area contributed by atoms with Gasteiger partial charge >= 0.3 is 0 Å². The molecular weight excluding hydrogens is 622 g/mol. The summed E-state index contributed by atoms with van der Waals surface area (Å²) in [6.45, 7) is 13.6. The summed E-state index contributed by atoms with van der Waals surface area (Å²) in [5, 5.41) is 10.7. The Morgan fingerprint density at radius 1 is 1.00 bits per heavy atom. The number of hydrogen-bond acceptors (Lipinski definition) is 7. The normalized spacial score (nSPS) is 14.5. The molecule has 0 spiro atoms. The second kappa shape index (κ2) is 13.1. The van der Waals surface area contributed by atoms with E-state index >= 15 is 0 Å². The van der Waals surface area contributed by atoms with Crippen LogP contribution in [0.1, 0.15) is 64.3 Å². The molecule has 0 radical (unpaired) electrons. The quantitative estimate of drug-likeness (QED) is 0.180. The molecule has 5 rings (SSSR count). The average Bonchev–Trinajstić information content (AvgIpc) is 3.45. The largest absolute Gasteiger partial charge is 0.492 e. The number of aromatic nitrogens is 3. The molecule has 1 aliphatic heterocycles. The van der Waals surface area contributed by atoms with E-state index in [0.717, 1.165) is 11.1 Å². The van der Waals surface area contributed by atoms with Crippen LogP contribution in [0.4, 0.5) is 11.6 Å². The van der Waals surface area contributed by atoms with E-state index in [2.05, 4.69) is 81.7 Å². The lowest BCUT2D eigenvalue weighted by Gasteiger charge is -2.29. The van der Waals surface area contributed by atoms with Gasteiger partial charge in [-0.2, -0.15) is 10.1 Å². The molecule has 9 nitrogen and oxygen atoms in total. The van der Waals surface area contributed by atoms with E-state index in [0.29, 0.717) is 64.4 Å². The van der Waals surface area contributed by atoms with Crippen LogP contribution in [0.25, 0.3) is 0 Å². The van der Waals surface area contributed by atoms with Crippen molar-refractivity contribution in [3.8, 4) is 17.2 Å². The molecule has 3 aromatic carbocycles. The van der Waals surface area contributed by atoms with E-state index < -0.39 is 6.04 Å². The maximum absolute atomic E-state index is 14.0. The Bertz CT molecular complexity index is 1670. The minimum Gasteiger partial charge on any atom is -0.492 e. The number of amides is 1. The molecule has 2 heterocycles. The third-order valence-electron chi connectivity index (χ3n) is 7.32. The van der Waals surface area contributed by atoms with Crippen LogP contribution in [0.2, 0.25) is 0 Å². The molecule has 0 saturated heterocycles. The van der Waals surface area contributed by atoms with Gasteiger partial charge in [-0.1, -0.05) is 57.2 Å². The number of nitrogens with zero attached hydrogens (tertiary/aromatic N) is 3. The zero-order valence-electron chi connectivity index (χ0n) is 25.9. The highest BCUT2D eigenvalue weighted by molar-refractivity contribution is 9.10. The summed E-state index contributed by atoms with van der Waals surface area (Å²) in [6.07, 6.45) is 1.47. The number of ether oxygens (including phenoxy) is 3. The number of carbonyl (C=O) groups excluding carboxylic acids is 1. The van der Waals surface area contributed by atoms with Crippen molar-refractivity contribution < 1.29 is 19.0 Å². The highest BCUT2D eigenvalue weighted by Gasteiger charge is 2.35. The third-order valence-corrected chi connectivity index (χ3v) is 7.91. The Labute approximate surface area is 266 Å². The zero-order chi connectivity index (χ0) is 31.4. The maximum atomic E-state index is 14.0. The Morgan fingerprint density at radius 2 is 1.70 bits per heavy atom. The Balaban J connectivity index is 1.49. The molecule has 0 aliphatic carbocycles. The Kier molecular flexibility index (Phi) is 9.29. The summed E-state index contributed by atoms with van der Waals surface area (Å²) < 4.78 is 20.5. The number of rotatable bonds is 10. The van der Waals surface area contributed by atoms with E-state index in [-0.39, 0.29) is 11.3 Å². The molecule has 0 bridgehead atoms. The third kappa shape index (κ3) is 6.60. The summed E-state index contributed by atoms with van der Waals surface area (Å²) in [4.78, 5) is 18.3. The topological polar surface area (TPSA) is 99.5 Å². The molecule has 1 unspecified atom stereocenters. The number of hydrogen-bond donors (Lipinski definition) is 2. The predicted octanol–water partition coefficient (Wildman–Crippen LogP) is 7.64. The average molecular weight is 661 g/mol. The fourth-order valence-corrected chi connectivity index (χ4v) is 5.71. The molecule has 44 heavy (non-hydrogen) atoms. The van der Waals surface area contributed by atoms with Gasteiger partial charge in [0.1, 0.15) is 24.7 Å². The molecule has 1 amide bonds. The number of para-hydroxylation sites is 2. The molecule has 2 N–H and O–H groups in total. The molecular formula is C34H38BrN5O4. The summed E-state index contributed by atoms with van der Waals surface area (Å²) in [5.74, 6) is 1.98. The first kappa shape index (κ1) is 31.1. The fourth-order valence-electron chi connectivity index (χ4n) is 5.14. The van der Waals surface area contributed by atoms with Crippen molar-refractivity contribution in [3.05, 3.63) is 99.4 Å². The van der Waals surface area contributed by atoms with Crippen LogP contribution in [0.3, 0.4) is 0 Å². The first-order valence-corrected chi connectivity index (χ1v) is 15.5. The van der Waals surface area contributed by atoms with Gasteiger partial charge in [-0.3, -0.25) is 4.79 Å². The van der Waals surface area contributed by atoms with Gasteiger partial charge in [0, 0.05) is 5.70 Å². The molecule has 1 aromatic heterocycles. The van der Waals surface area contributed by atoms with Crippen molar-refractivity contribution in [3.63, 3.8) is 0 Å². The first-order valence-electron chi connectivity index (χ1n) is 14.7. The number of fused-ring (bicyclic) bond motifs is 1. The lowest BCUT2D eigenvalue weighted by Crippen LogP contribution is -2.31. The molecule has 1 atom stereocenters. The van der Waals surface area contributed by atoms with E-state index in [1.54, 1.807) is 4.68 Å². The van der Waals surface area contributed by atoms with Gasteiger partial charge in [0.25, 0.3) is 5.91 Å². The molecule has 1 aliphatic rings. The van der Waals surface area contributed by atoms with Crippen LogP contribution >= 0.6 is 15.9 Å². The number of nitrogens with one attached hydrogen (secondary N) is 2. The SMILES string of the molecule is CCOc1ccccc1NC(=O)C1=C(C)Nc2ncnn2C1c1cc(Br)c(OCc2ccc(C(C)(C)C)cc2)c(OCC)c1. The van der Waals surface area contributed by atoms with Gasteiger partial charge in [-0.25, -0.2) is 4.68 Å².